The van der Waals surface area contributed by atoms with Crippen LogP contribution in [0.25, 0.3) is 0 Å². The summed E-state index contributed by atoms with van der Waals surface area (Å²) in [6.07, 6.45) is 5.98. The minimum Gasteiger partial charge on any atom is -0.392 e. The smallest absolute Gasteiger partial charge is 0.215 e. The molecule has 5 nitrogen and oxygen atoms in total. The van der Waals surface area contributed by atoms with Crippen LogP contribution in [0.1, 0.15) is 44.9 Å². The first kappa shape index (κ1) is 15.2. The Morgan fingerprint density at radius 3 is 2.53 bits per heavy atom. The normalized spacial score (nSPS) is 27.3. The van der Waals surface area contributed by atoms with Crippen molar-refractivity contribution < 1.29 is 13.2 Å². The molecule has 0 aromatic carbocycles. The predicted octanol–water partition coefficient (Wildman–Crippen LogP) is 1.07. The highest BCUT2D eigenvalue weighted by atomic mass is 32.2. The Morgan fingerprint density at radius 2 is 2.00 bits per heavy atom. The average molecular weight is 306 g/mol. The van der Waals surface area contributed by atoms with E-state index < -0.39 is 15.6 Å². The Kier molecular flexibility index (Phi) is 4.81. The standard InChI is InChI=1S/C12H22N2O3S2/c13-11(18)12(6-2-1-3-7-12)14-19(15,16)9-10-5-4-8-17-10/h10,14H,1-9H2,(H2,13,18). The van der Waals surface area contributed by atoms with Crippen LogP contribution in [0.4, 0.5) is 0 Å². The van der Waals surface area contributed by atoms with Crippen LogP contribution in [0, 0.1) is 0 Å². The van der Waals surface area contributed by atoms with E-state index in [1.165, 1.54) is 0 Å². The van der Waals surface area contributed by atoms with E-state index in [9.17, 15) is 8.42 Å². The van der Waals surface area contributed by atoms with Gasteiger partial charge in [0.05, 0.1) is 22.4 Å². The molecule has 1 heterocycles. The number of nitrogens with one attached hydrogen (secondary N) is 1. The molecule has 0 amide bonds. The highest BCUT2D eigenvalue weighted by Crippen LogP contribution is 2.29. The number of sulfonamides is 1. The van der Waals surface area contributed by atoms with Gasteiger partial charge in [-0.05, 0) is 25.7 Å². The summed E-state index contributed by atoms with van der Waals surface area (Å²) in [4.78, 5) is 0.267. The average Bonchev–Trinajstić information content (AvgIpc) is 2.81. The minimum absolute atomic E-state index is 0.0113. The third kappa shape index (κ3) is 3.87. The van der Waals surface area contributed by atoms with E-state index in [0.717, 1.165) is 32.1 Å². The van der Waals surface area contributed by atoms with Gasteiger partial charge in [0.15, 0.2) is 0 Å². The number of nitrogens with two attached hydrogens (primary N) is 1. The molecule has 110 valence electrons. The zero-order valence-corrected chi connectivity index (χ0v) is 12.7. The lowest BCUT2D eigenvalue weighted by Gasteiger charge is -2.36. The summed E-state index contributed by atoms with van der Waals surface area (Å²) < 4.78 is 32.7. The van der Waals surface area contributed by atoms with Crippen molar-refractivity contribution in [2.45, 2.75) is 56.6 Å². The monoisotopic (exact) mass is 306 g/mol. The maximum Gasteiger partial charge on any atom is 0.215 e. The van der Waals surface area contributed by atoms with E-state index in [-0.39, 0.29) is 16.8 Å². The molecule has 2 aliphatic rings. The first-order valence-corrected chi connectivity index (χ1v) is 8.93. The van der Waals surface area contributed by atoms with Gasteiger partial charge in [0, 0.05) is 6.61 Å². The molecule has 0 spiro atoms. The van der Waals surface area contributed by atoms with Crippen LogP contribution >= 0.6 is 12.2 Å². The highest BCUT2D eigenvalue weighted by Gasteiger charge is 2.39. The van der Waals surface area contributed by atoms with E-state index >= 15 is 0 Å². The van der Waals surface area contributed by atoms with Crippen molar-refractivity contribution in [2.75, 3.05) is 12.4 Å². The SMILES string of the molecule is NC(=S)C1(NS(=O)(=O)CC2CCCO2)CCCCC1. The molecule has 19 heavy (non-hydrogen) atoms. The van der Waals surface area contributed by atoms with Crippen molar-refractivity contribution in [3.05, 3.63) is 0 Å². The summed E-state index contributed by atoms with van der Waals surface area (Å²) in [6.45, 7) is 0.653. The van der Waals surface area contributed by atoms with Crippen LogP contribution in [-0.2, 0) is 14.8 Å². The first-order chi connectivity index (χ1) is 8.94. The first-order valence-electron chi connectivity index (χ1n) is 6.87. The lowest BCUT2D eigenvalue weighted by molar-refractivity contribution is 0.127. The van der Waals surface area contributed by atoms with Crippen molar-refractivity contribution in [1.29, 1.82) is 0 Å². The topological polar surface area (TPSA) is 81.4 Å². The third-order valence-electron chi connectivity index (χ3n) is 3.96. The number of ether oxygens (including phenoxy) is 1. The van der Waals surface area contributed by atoms with Crippen molar-refractivity contribution >= 4 is 27.2 Å². The maximum atomic E-state index is 12.3. The summed E-state index contributed by atoms with van der Waals surface area (Å²) in [5.74, 6) is 0.0113. The van der Waals surface area contributed by atoms with Crippen molar-refractivity contribution in [3.63, 3.8) is 0 Å². The Hall–Kier alpha value is -0.240. The number of rotatable bonds is 5. The highest BCUT2D eigenvalue weighted by molar-refractivity contribution is 7.89. The van der Waals surface area contributed by atoms with Crippen molar-refractivity contribution in [1.82, 2.24) is 4.72 Å². The molecular weight excluding hydrogens is 284 g/mol. The predicted molar refractivity (Wildman–Crippen MR) is 78.5 cm³/mol. The van der Waals surface area contributed by atoms with Crippen molar-refractivity contribution in [2.24, 2.45) is 5.73 Å². The van der Waals surface area contributed by atoms with Gasteiger partial charge in [-0.2, -0.15) is 0 Å². The second-order valence-corrected chi connectivity index (χ2v) is 7.73. The van der Waals surface area contributed by atoms with Gasteiger partial charge in [0.1, 0.15) is 0 Å². The van der Waals surface area contributed by atoms with E-state index in [1.54, 1.807) is 0 Å². The summed E-state index contributed by atoms with van der Waals surface area (Å²) in [7, 11) is -3.41. The molecule has 0 aromatic rings. The summed E-state index contributed by atoms with van der Waals surface area (Å²) in [5, 5.41) is 0. The quantitative estimate of drug-likeness (QED) is 0.743. The van der Waals surface area contributed by atoms with Gasteiger partial charge in [-0.25, -0.2) is 13.1 Å². The van der Waals surface area contributed by atoms with Crippen LogP contribution < -0.4 is 10.5 Å². The zero-order valence-electron chi connectivity index (χ0n) is 11.1. The van der Waals surface area contributed by atoms with Crippen LogP contribution in [0.15, 0.2) is 0 Å². The summed E-state index contributed by atoms with van der Waals surface area (Å²) >= 11 is 5.10. The Morgan fingerprint density at radius 1 is 1.32 bits per heavy atom. The molecule has 3 N–H and O–H groups in total. The number of hydrogen-bond acceptors (Lipinski definition) is 4. The molecule has 0 radical (unpaired) electrons. The van der Waals surface area contributed by atoms with Gasteiger partial charge in [-0.1, -0.05) is 31.5 Å². The summed E-state index contributed by atoms with van der Waals surface area (Å²) in [5.41, 5.74) is 5.07. The molecule has 7 heteroatoms. The molecular formula is C12H22N2O3S2. The van der Waals surface area contributed by atoms with E-state index in [0.29, 0.717) is 19.4 Å². The molecule has 1 aliphatic heterocycles. The molecule has 1 unspecified atom stereocenters. The van der Waals surface area contributed by atoms with Gasteiger partial charge in [-0.3, -0.25) is 0 Å². The lowest BCUT2D eigenvalue weighted by atomic mass is 9.82. The van der Waals surface area contributed by atoms with Crippen LogP contribution in [0.2, 0.25) is 0 Å². The minimum atomic E-state index is -3.41. The molecule has 1 saturated carbocycles. The molecule has 0 aromatic heterocycles. The van der Waals surface area contributed by atoms with Crippen molar-refractivity contribution in [3.8, 4) is 0 Å². The number of thiocarbonyl (C=S) groups is 1. The van der Waals surface area contributed by atoms with Gasteiger partial charge >= 0.3 is 0 Å². The fourth-order valence-electron chi connectivity index (χ4n) is 2.91. The van der Waals surface area contributed by atoms with E-state index in [4.69, 9.17) is 22.7 Å². The zero-order chi connectivity index (χ0) is 13.9. The fraction of sp³-hybridized carbons (Fsp3) is 0.917. The lowest BCUT2D eigenvalue weighted by Crippen LogP contribution is -2.58. The van der Waals surface area contributed by atoms with E-state index in [2.05, 4.69) is 4.72 Å². The second-order valence-electron chi connectivity index (χ2n) is 5.53. The van der Waals surface area contributed by atoms with Crippen LogP contribution in [0.3, 0.4) is 0 Å². The fourth-order valence-corrected chi connectivity index (χ4v) is 4.98. The molecule has 1 saturated heterocycles. The van der Waals surface area contributed by atoms with Crippen LogP contribution in [-0.4, -0.2) is 37.4 Å². The van der Waals surface area contributed by atoms with Gasteiger partial charge in [0.2, 0.25) is 10.0 Å². The Bertz CT molecular complexity index is 424. The second kappa shape index (κ2) is 6.03. The summed E-state index contributed by atoms with van der Waals surface area (Å²) in [6, 6.07) is 0. The van der Waals surface area contributed by atoms with Gasteiger partial charge in [-0.15, -0.1) is 0 Å². The molecule has 2 rings (SSSR count). The Balaban J connectivity index is 2.05. The molecule has 1 atom stereocenters. The van der Waals surface area contributed by atoms with Gasteiger partial charge in [0.25, 0.3) is 0 Å². The molecule has 0 bridgehead atoms. The largest absolute Gasteiger partial charge is 0.392 e. The Labute approximate surface area is 120 Å². The van der Waals surface area contributed by atoms with E-state index in [1.807, 2.05) is 0 Å². The molecule has 1 aliphatic carbocycles. The molecule has 2 fully saturated rings. The number of hydrogen-bond donors (Lipinski definition) is 2. The maximum absolute atomic E-state index is 12.3. The third-order valence-corrected chi connectivity index (χ3v) is 5.86. The van der Waals surface area contributed by atoms with Gasteiger partial charge < -0.3 is 10.5 Å². The van der Waals surface area contributed by atoms with Crippen LogP contribution in [0.5, 0.6) is 0 Å².